The number of furan rings is 1. The number of ketones is 1. The molecule has 1 heterocycles. The van der Waals surface area contributed by atoms with Crippen LogP contribution >= 0.6 is 0 Å². The van der Waals surface area contributed by atoms with Crippen LogP contribution < -0.4 is 0 Å². The molecule has 32 heavy (non-hydrogen) atoms. The molecule has 4 aromatic carbocycles. The highest BCUT2D eigenvalue weighted by atomic mass is 16.3. The summed E-state index contributed by atoms with van der Waals surface area (Å²) in [7, 11) is 0. The molecule has 150 valence electrons. The van der Waals surface area contributed by atoms with Gasteiger partial charge in [0.05, 0.1) is 11.7 Å². The molecule has 1 spiro atoms. The Morgan fingerprint density at radius 3 is 1.62 bits per heavy atom. The van der Waals surface area contributed by atoms with Crippen molar-refractivity contribution in [3.05, 3.63) is 143 Å². The van der Waals surface area contributed by atoms with E-state index in [2.05, 4.69) is 84.9 Å². The second-order valence-corrected chi connectivity index (χ2v) is 8.45. The zero-order valence-electron chi connectivity index (χ0n) is 17.2. The fraction of sp³-hybridized carbons (Fsp3) is 0.0333. The Balaban J connectivity index is 1.60. The molecule has 5 aromatic rings. The number of rotatable bonds is 2. The van der Waals surface area contributed by atoms with Crippen LogP contribution in [-0.4, -0.2) is 5.78 Å². The lowest BCUT2D eigenvalue weighted by molar-refractivity contribution is 0.101. The van der Waals surface area contributed by atoms with E-state index < -0.39 is 5.41 Å². The predicted octanol–water partition coefficient (Wildman–Crippen LogP) is 6.85. The molecule has 0 aliphatic heterocycles. The van der Waals surface area contributed by atoms with Crippen molar-refractivity contribution >= 4 is 5.78 Å². The van der Waals surface area contributed by atoms with Crippen molar-refractivity contribution in [3.63, 3.8) is 0 Å². The highest BCUT2D eigenvalue weighted by Gasteiger charge is 2.51. The van der Waals surface area contributed by atoms with Gasteiger partial charge in [-0.25, -0.2) is 0 Å². The van der Waals surface area contributed by atoms with E-state index in [0.717, 1.165) is 5.56 Å². The van der Waals surface area contributed by atoms with Crippen molar-refractivity contribution in [1.82, 2.24) is 0 Å². The first-order chi connectivity index (χ1) is 15.8. The van der Waals surface area contributed by atoms with Gasteiger partial charge in [0.25, 0.3) is 0 Å². The van der Waals surface area contributed by atoms with Gasteiger partial charge in [-0.05, 0) is 62.7 Å². The van der Waals surface area contributed by atoms with E-state index in [1.54, 1.807) is 18.4 Å². The van der Waals surface area contributed by atoms with Gasteiger partial charge >= 0.3 is 0 Å². The minimum absolute atomic E-state index is 0.0940. The van der Waals surface area contributed by atoms with E-state index in [-0.39, 0.29) is 5.78 Å². The van der Waals surface area contributed by atoms with Crippen molar-refractivity contribution in [3.8, 4) is 22.3 Å². The summed E-state index contributed by atoms with van der Waals surface area (Å²) < 4.78 is 5.41. The largest absolute Gasteiger partial charge is 0.461 e. The Bertz CT molecular complexity index is 1480. The molecule has 1 aromatic heterocycles. The smallest absolute Gasteiger partial charge is 0.228 e. The third-order valence-electron chi connectivity index (χ3n) is 7.00. The third-order valence-corrected chi connectivity index (χ3v) is 7.00. The van der Waals surface area contributed by atoms with Crippen molar-refractivity contribution in [1.29, 1.82) is 0 Å². The van der Waals surface area contributed by atoms with E-state index in [4.69, 9.17) is 4.42 Å². The zero-order chi connectivity index (χ0) is 21.3. The summed E-state index contributed by atoms with van der Waals surface area (Å²) in [6, 6.07) is 35.6. The number of hydrogen-bond donors (Lipinski definition) is 0. The number of benzene rings is 4. The van der Waals surface area contributed by atoms with Crippen LogP contribution in [0.3, 0.4) is 0 Å². The molecule has 7 rings (SSSR count). The van der Waals surface area contributed by atoms with Crippen molar-refractivity contribution in [2.45, 2.75) is 5.41 Å². The van der Waals surface area contributed by atoms with Gasteiger partial charge in [-0.15, -0.1) is 0 Å². The van der Waals surface area contributed by atoms with Gasteiger partial charge < -0.3 is 4.42 Å². The summed E-state index contributed by atoms with van der Waals surface area (Å²) >= 11 is 0. The van der Waals surface area contributed by atoms with Gasteiger partial charge in [-0.3, -0.25) is 4.79 Å². The van der Waals surface area contributed by atoms with E-state index in [0.29, 0.717) is 11.3 Å². The Kier molecular flexibility index (Phi) is 3.38. The molecule has 0 amide bonds. The lowest BCUT2D eigenvalue weighted by Crippen LogP contribution is -2.26. The minimum atomic E-state index is -0.432. The lowest BCUT2D eigenvalue weighted by Gasteiger charge is -2.30. The Morgan fingerprint density at radius 1 is 0.562 bits per heavy atom. The maximum absolute atomic E-state index is 13.2. The third kappa shape index (κ3) is 2.02. The second-order valence-electron chi connectivity index (χ2n) is 8.45. The van der Waals surface area contributed by atoms with Crippen LogP contribution in [0.15, 0.2) is 114 Å². The molecule has 2 heteroatoms. The summed E-state index contributed by atoms with van der Waals surface area (Å²) in [5.41, 5.74) is 10.1. The molecule has 0 fully saturated rings. The zero-order valence-corrected chi connectivity index (χ0v) is 17.2. The Morgan fingerprint density at radius 2 is 1.09 bits per heavy atom. The molecule has 0 bridgehead atoms. The summed E-state index contributed by atoms with van der Waals surface area (Å²) in [5, 5.41) is 0. The molecule has 0 saturated heterocycles. The van der Waals surface area contributed by atoms with Crippen LogP contribution in [0.2, 0.25) is 0 Å². The van der Waals surface area contributed by atoms with Crippen LogP contribution in [0.4, 0.5) is 0 Å². The quantitative estimate of drug-likeness (QED) is 0.292. The van der Waals surface area contributed by atoms with Crippen molar-refractivity contribution < 1.29 is 9.21 Å². The van der Waals surface area contributed by atoms with Gasteiger partial charge in [0.1, 0.15) is 0 Å². The SMILES string of the molecule is O=C(c1ccc2c(c1)C1(c3ccccc3-c3ccccc31)c1ccccc1-2)c1ccco1. The van der Waals surface area contributed by atoms with Crippen LogP contribution in [-0.2, 0) is 5.41 Å². The van der Waals surface area contributed by atoms with E-state index in [1.807, 2.05) is 6.07 Å². The van der Waals surface area contributed by atoms with Gasteiger partial charge in [-0.2, -0.15) is 0 Å². The lowest BCUT2D eigenvalue weighted by atomic mass is 9.70. The molecule has 2 nitrogen and oxygen atoms in total. The number of carbonyl (C=O) groups excluding carboxylic acids is 1. The Labute approximate surface area is 185 Å². The number of carbonyl (C=O) groups is 1. The number of fused-ring (bicyclic) bond motifs is 10. The normalized spacial score (nSPS) is 14.0. The molecular formula is C30H18O2. The van der Waals surface area contributed by atoms with Crippen molar-refractivity contribution in [2.24, 2.45) is 0 Å². The predicted molar refractivity (Wildman–Crippen MR) is 125 cm³/mol. The van der Waals surface area contributed by atoms with Crippen LogP contribution in [0.5, 0.6) is 0 Å². The van der Waals surface area contributed by atoms with Crippen LogP contribution in [0, 0.1) is 0 Å². The summed E-state index contributed by atoms with van der Waals surface area (Å²) in [6.07, 6.45) is 1.54. The molecule has 0 N–H and O–H groups in total. The fourth-order valence-corrected chi connectivity index (χ4v) is 5.79. The molecule has 0 unspecified atom stereocenters. The Hall–Kier alpha value is -4.17. The standard InChI is InChI=1S/C30H18O2/c31-29(28-14-7-17-32-28)19-15-16-23-22-10-3-6-13-26(22)30(27(23)18-19)24-11-4-1-8-20(24)21-9-2-5-12-25(21)30/h1-18H. The average molecular weight is 410 g/mol. The van der Waals surface area contributed by atoms with Gasteiger partial charge in [-0.1, -0.05) is 84.9 Å². The molecular weight excluding hydrogens is 392 g/mol. The van der Waals surface area contributed by atoms with Crippen LogP contribution in [0.25, 0.3) is 22.3 Å². The van der Waals surface area contributed by atoms with E-state index in [1.165, 1.54) is 38.9 Å². The van der Waals surface area contributed by atoms with Gasteiger partial charge in [0, 0.05) is 5.56 Å². The minimum Gasteiger partial charge on any atom is -0.461 e. The topological polar surface area (TPSA) is 30.2 Å². The summed E-state index contributed by atoms with van der Waals surface area (Å²) in [5.74, 6) is 0.269. The molecule has 2 aliphatic rings. The van der Waals surface area contributed by atoms with Gasteiger partial charge in [0.2, 0.25) is 5.78 Å². The van der Waals surface area contributed by atoms with Gasteiger partial charge in [0.15, 0.2) is 5.76 Å². The highest BCUT2D eigenvalue weighted by Crippen LogP contribution is 2.62. The monoisotopic (exact) mass is 410 g/mol. The average Bonchev–Trinajstić information content (AvgIpc) is 3.56. The molecule has 0 saturated carbocycles. The van der Waals surface area contributed by atoms with E-state index in [9.17, 15) is 4.79 Å². The molecule has 0 radical (unpaired) electrons. The molecule has 2 aliphatic carbocycles. The molecule has 0 atom stereocenters. The van der Waals surface area contributed by atoms with Crippen LogP contribution in [0.1, 0.15) is 38.4 Å². The maximum atomic E-state index is 13.2. The van der Waals surface area contributed by atoms with Crippen molar-refractivity contribution in [2.75, 3.05) is 0 Å². The summed E-state index contributed by atoms with van der Waals surface area (Å²) in [4.78, 5) is 13.2. The number of hydrogen-bond acceptors (Lipinski definition) is 2. The second kappa shape index (κ2) is 6.18. The first-order valence-corrected chi connectivity index (χ1v) is 10.8. The maximum Gasteiger partial charge on any atom is 0.228 e. The van der Waals surface area contributed by atoms with E-state index >= 15 is 0 Å². The first-order valence-electron chi connectivity index (χ1n) is 10.8. The fourth-order valence-electron chi connectivity index (χ4n) is 5.79. The first kappa shape index (κ1) is 17.5. The summed E-state index contributed by atoms with van der Waals surface area (Å²) in [6.45, 7) is 0. The highest BCUT2D eigenvalue weighted by molar-refractivity contribution is 6.08.